The van der Waals surface area contributed by atoms with E-state index in [4.69, 9.17) is 9.47 Å². The number of carbonyl (C=O) groups is 2. The van der Waals surface area contributed by atoms with Crippen molar-refractivity contribution in [1.29, 1.82) is 0 Å². The van der Waals surface area contributed by atoms with Crippen LogP contribution in [0.5, 0.6) is 0 Å². The summed E-state index contributed by atoms with van der Waals surface area (Å²) in [4.78, 5) is 25.8. The van der Waals surface area contributed by atoms with E-state index in [2.05, 4.69) is 47.4 Å². The molecule has 0 heterocycles. The molecule has 210 valence electrons. The molecule has 0 aliphatic heterocycles. The van der Waals surface area contributed by atoms with Crippen molar-refractivity contribution in [1.82, 2.24) is 4.90 Å². The molecule has 0 rings (SSSR count). The van der Waals surface area contributed by atoms with E-state index in [0.717, 1.165) is 64.2 Å². The van der Waals surface area contributed by atoms with Crippen molar-refractivity contribution in [2.75, 3.05) is 33.4 Å². The topological polar surface area (TPSA) is 55.8 Å². The molecule has 0 radical (unpaired) electrons. The maximum absolute atomic E-state index is 11.9. The number of carbonyl (C=O) groups excluding carboxylic acids is 2. The predicted octanol–water partition coefficient (Wildman–Crippen LogP) is 6.30. The Morgan fingerprint density at radius 2 is 0.921 bits per heavy atom. The highest BCUT2D eigenvalue weighted by molar-refractivity contribution is 5.69. The molecule has 0 atom stereocenters. The zero-order valence-electron chi connectivity index (χ0n) is 24.2. The Morgan fingerprint density at radius 1 is 0.553 bits per heavy atom. The van der Waals surface area contributed by atoms with Gasteiger partial charge in [-0.3, -0.25) is 14.5 Å². The summed E-state index contributed by atoms with van der Waals surface area (Å²) < 4.78 is 10.7. The fraction of sp³-hybridized carbons (Fsp3) is 0.697. The molecule has 0 amide bonds. The molecule has 0 aromatic rings. The lowest BCUT2D eigenvalue weighted by Crippen LogP contribution is -2.28. The first kappa shape index (κ1) is 35.1. The summed E-state index contributed by atoms with van der Waals surface area (Å²) in [7, 11) is 1.94. The number of unbranched alkanes of at least 4 members (excludes halogenated alkanes) is 12. The van der Waals surface area contributed by atoms with Crippen LogP contribution in [0.1, 0.15) is 117 Å². The lowest BCUT2D eigenvalue weighted by atomic mass is 10.1. The Bertz CT molecular complexity index is 792. The van der Waals surface area contributed by atoms with E-state index in [1.54, 1.807) is 13.8 Å². The summed E-state index contributed by atoms with van der Waals surface area (Å²) in [6.07, 6.45) is 15.8. The molecule has 0 bridgehead atoms. The molecular weight excluding hydrogens is 474 g/mol. The molecule has 38 heavy (non-hydrogen) atoms. The van der Waals surface area contributed by atoms with Crippen molar-refractivity contribution < 1.29 is 19.1 Å². The number of hydrogen-bond donors (Lipinski definition) is 0. The second-order valence-corrected chi connectivity index (χ2v) is 9.34. The average molecular weight is 524 g/mol. The smallest absolute Gasteiger partial charge is 0.305 e. The third kappa shape index (κ3) is 27.7. The van der Waals surface area contributed by atoms with Crippen LogP contribution in [-0.2, 0) is 19.1 Å². The van der Waals surface area contributed by atoms with Gasteiger partial charge in [-0.15, -0.1) is 0 Å². The quantitative estimate of drug-likeness (QED) is 0.0947. The van der Waals surface area contributed by atoms with Gasteiger partial charge in [-0.1, -0.05) is 75.0 Å². The highest BCUT2D eigenvalue weighted by Crippen LogP contribution is 2.10. The number of likely N-dealkylation sites (N-methyl/N-ethyl adjacent to an activating group) is 1. The van der Waals surface area contributed by atoms with E-state index >= 15 is 0 Å². The van der Waals surface area contributed by atoms with Gasteiger partial charge in [0, 0.05) is 38.8 Å². The molecule has 5 heteroatoms. The van der Waals surface area contributed by atoms with Crippen LogP contribution in [0, 0.1) is 47.4 Å². The van der Waals surface area contributed by atoms with E-state index in [1.807, 2.05) is 11.9 Å². The van der Waals surface area contributed by atoms with E-state index < -0.39 is 0 Å². The lowest BCUT2D eigenvalue weighted by Gasteiger charge is -2.16. The summed E-state index contributed by atoms with van der Waals surface area (Å²) >= 11 is 0. The average Bonchev–Trinajstić information content (AvgIpc) is 2.90. The molecule has 5 nitrogen and oxygen atoms in total. The summed E-state index contributed by atoms with van der Waals surface area (Å²) in [5, 5.41) is 0. The SMILES string of the molecule is CC#CC#CCCCCCCCCC(=O)OCCN(C)CCOC(=O)CCCCCCCCC#CC#CC. The number of hydrogen-bond acceptors (Lipinski definition) is 5. The molecule has 0 spiro atoms. The number of ether oxygens (including phenoxy) is 2. The van der Waals surface area contributed by atoms with Crippen molar-refractivity contribution in [3.63, 3.8) is 0 Å². The molecule has 0 saturated carbocycles. The third-order valence-electron chi connectivity index (χ3n) is 5.89. The number of nitrogens with zero attached hydrogens (tertiary/aromatic N) is 1. The Kier molecular flexibility index (Phi) is 26.5. The van der Waals surface area contributed by atoms with Crippen LogP contribution in [0.25, 0.3) is 0 Å². The minimum atomic E-state index is -0.132. The molecular formula is C33H49NO4. The minimum Gasteiger partial charge on any atom is -0.464 e. The van der Waals surface area contributed by atoms with Crippen molar-refractivity contribution in [3.8, 4) is 47.4 Å². The van der Waals surface area contributed by atoms with Crippen LogP contribution in [0.2, 0.25) is 0 Å². The summed E-state index contributed by atoms with van der Waals surface area (Å²) in [6.45, 7) is 5.58. The Hall–Kier alpha value is -2.86. The van der Waals surface area contributed by atoms with Crippen LogP contribution in [0.3, 0.4) is 0 Å². The van der Waals surface area contributed by atoms with Gasteiger partial charge in [0.05, 0.1) is 0 Å². The molecule has 0 aromatic heterocycles. The van der Waals surface area contributed by atoms with Crippen molar-refractivity contribution in [2.24, 2.45) is 0 Å². The molecule has 0 saturated heterocycles. The zero-order chi connectivity index (χ0) is 27.9. The number of esters is 2. The van der Waals surface area contributed by atoms with Crippen LogP contribution >= 0.6 is 0 Å². The maximum Gasteiger partial charge on any atom is 0.305 e. The lowest BCUT2D eigenvalue weighted by molar-refractivity contribution is -0.144. The molecule has 0 unspecified atom stereocenters. The van der Waals surface area contributed by atoms with Gasteiger partial charge in [0.15, 0.2) is 0 Å². The second kappa shape index (κ2) is 28.7. The second-order valence-electron chi connectivity index (χ2n) is 9.34. The Morgan fingerprint density at radius 3 is 1.32 bits per heavy atom. The van der Waals surface area contributed by atoms with Gasteiger partial charge in [0.25, 0.3) is 0 Å². The van der Waals surface area contributed by atoms with E-state index in [1.165, 1.54) is 25.7 Å². The summed E-state index contributed by atoms with van der Waals surface area (Å²) in [5.41, 5.74) is 0. The first-order chi connectivity index (χ1) is 18.6. The maximum atomic E-state index is 11.9. The van der Waals surface area contributed by atoms with E-state index in [9.17, 15) is 9.59 Å². The Balaban J connectivity index is 3.49. The fourth-order valence-electron chi connectivity index (χ4n) is 3.60. The van der Waals surface area contributed by atoms with Gasteiger partial charge < -0.3 is 9.47 Å². The summed E-state index contributed by atoms with van der Waals surface area (Å²) in [5.74, 6) is 22.5. The zero-order valence-corrected chi connectivity index (χ0v) is 24.2. The van der Waals surface area contributed by atoms with Crippen molar-refractivity contribution in [2.45, 2.75) is 117 Å². The van der Waals surface area contributed by atoms with Crippen LogP contribution < -0.4 is 0 Å². The van der Waals surface area contributed by atoms with Crippen LogP contribution in [0.4, 0.5) is 0 Å². The minimum absolute atomic E-state index is 0.132. The van der Waals surface area contributed by atoms with Crippen molar-refractivity contribution in [3.05, 3.63) is 0 Å². The largest absolute Gasteiger partial charge is 0.464 e. The standard InChI is InChI=1S/C33H49NO4/c1-4-6-8-10-12-14-16-18-20-22-24-26-32(35)37-30-28-34(3)29-31-38-33(36)27-25-23-21-19-17-15-13-11-9-7-5-2/h12-31H2,1-3H3. The number of rotatable bonds is 22. The molecule has 0 N–H and O–H groups in total. The normalized spacial score (nSPS) is 9.58. The van der Waals surface area contributed by atoms with Crippen LogP contribution in [0.15, 0.2) is 0 Å². The van der Waals surface area contributed by atoms with Crippen molar-refractivity contribution >= 4 is 11.9 Å². The first-order valence-electron chi connectivity index (χ1n) is 14.4. The van der Waals surface area contributed by atoms with Gasteiger partial charge >= 0.3 is 11.9 Å². The predicted molar refractivity (Wildman–Crippen MR) is 156 cm³/mol. The highest BCUT2D eigenvalue weighted by Gasteiger charge is 2.06. The van der Waals surface area contributed by atoms with Gasteiger partial charge in [0.1, 0.15) is 13.2 Å². The third-order valence-corrected chi connectivity index (χ3v) is 5.89. The molecule has 0 aliphatic carbocycles. The highest BCUT2D eigenvalue weighted by atomic mass is 16.5. The molecule has 0 aromatic carbocycles. The van der Waals surface area contributed by atoms with Crippen LogP contribution in [-0.4, -0.2) is 50.2 Å². The van der Waals surface area contributed by atoms with Gasteiger partial charge in [-0.05, 0) is 70.3 Å². The first-order valence-corrected chi connectivity index (χ1v) is 14.4. The molecule has 0 fully saturated rings. The molecule has 0 aliphatic rings. The van der Waals surface area contributed by atoms with E-state index in [-0.39, 0.29) is 11.9 Å². The summed E-state index contributed by atoms with van der Waals surface area (Å²) in [6, 6.07) is 0. The van der Waals surface area contributed by atoms with E-state index in [0.29, 0.717) is 39.1 Å². The van der Waals surface area contributed by atoms with Gasteiger partial charge in [-0.2, -0.15) is 0 Å². The Labute approximate surface area is 233 Å². The van der Waals surface area contributed by atoms with Gasteiger partial charge in [0.2, 0.25) is 0 Å². The monoisotopic (exact) mass is 523 g/mol. The van der Waals surface area contributed by atoms with Gasteiger partial charge in [-0.25, -0.2) is 0 Å². The fourth-order valence-corrected chi connectivity index (χ4v) is 3.60.